The third-order valence-corrected chi connectivity index (χ3v) is 2.63. The first kappa shape index (κ1) is 8.97. The Hall–Kier alpha value is -0.610. The number of ether oxygens (including phenoxy) is 1. The molecule has 1 unspecified atom stereocenters. The largest absolute Gasteiger partial charge is 0.378 e. The summed E-state index contributed by atoms with van der Waals surface area (Å²) >= 11 is 0. The smallest absolute Gasteiger partial charge is 0.224 e. The van der Waals surface area contributed by atoms with E-state index >= 15 is 0 Å². The van der Waals surface area contributed by atoms with Crippen molar-refractivity contribution in [2.45, 2.75) is 18.9 Å². The summed E-state index contributed by atoms with van der Waals surface area (Å²) in [6, 6.07) is 0.238. The summed E-state index contributed by atoms with van der Waals surface area (Å²) in [5.41, 5.74) is 0. The Kier molecular flexibility index (Phi) is 2.80. The monoisotopic (exact) mass is 184 g/mol. The molecule has 2 rings (SSSR count). The van der Waals surface area contributed by atoms with Gasteiger partial charge in [0.2, 0.25) is 5.91 Å². The van der Waals surface area contributed by atoms with Crippen LogP contribution in [0.5, 0.6) is 0 Å². The molecule has 0 aromatic rings. The fourth-order valence-corrected chi connectivity index (χ4v) is 1.66. The molecular formula is C9H16N2O2. The van der Waals surface area contributed by atoms with Crippen LogP contribution in [-0.4, -0.2) is 49.7 Å². The maximum absolute atomic E-state index is 11.5. The van der Waals surface area contributed by atoms with Gasteiger partial charge in [0, 0.05) is 32.1 Å². The van der Waals surface area contributed by atoms with E-state index in [4.69, 9.17) is 4.74 Å². The predicted octanol–water partition coefficient (Wildman–Crippen LogP) is -0.403. The van der Waals surface area contributed by atoms with Gasteiger partial charge in [-0.1, -0.05) is 0 Å². The molecule has 4 heteroatoms. The van der Waals surface area contributed by atoms with Gasteiger partial charge in [-0.2, -0.15) is 0 Å². The molecule has 0 bridgehead atoms. The van der Waals surface area contributed by atoms with Crippen molar-refractivity contribution >= 4 is 5.91 Å². The van der Waals surface area contributed by atoms with Crippen molar-refractivity contribution in [1.29, 1.82) is 0 Å². The lowest BCUT2D eigenvalue weighted by Gasteiger charge is -2.33. The molecule has 13 heavy (non-hydrogen) atoms. The van der Waals surface area contributed by atoms with Crippen molar-refractivity contribution in [2.24, 2.45) is 0 Å². The molecule has 4 nitrogen and oxygen atoms in total. The first-order chi connectivity index (χ1) is 6.36. The van der Waals surface area contributed by atoms with Crippen molar-refractivity contribution < 1.29 is 9.53 Å². The average molecular weight is 184 g/mol. The average Bonchev–Trinajstić information content (AvgIpc) is 2.02. The lowest BCUT2D eigenvalue weighted by Crippen LogP contribution is -2.48. The van der Waals surface area contributed by atoms with E-state index < -0.39 is 0 Å². The van der Waals surface area contributed by atoms with Crippen LogP contribution in [0.4, 0.5) is 0 Å². The minimum Gasteiger partial charge on any atom is -0.378 e. The molecule has 0 saturated carbocycles. The van der Waals surface area contributed by atoms with Crippen LogP contribution < -0.4 is 5.32 Å². The lowest BCUT2D eigenvalue weighted by molar-refractivity contribution is -0.135. The summed E-state index contributed by atoms with van der Waals surface area (Å²) in [5, 5.41) is 3.28. The quantitative estimate of drug-likeness (QED) is 0.634. The molecule has 2 aliphatic rings. The summed E-state index contributed by atoms with van der Waals surface area (Å²) < 4.78 is 5.28. The highest BCUT2D eigenvalue weighted by atomic mass is 16.5. The third-order valence-electron chi connectivity index (χ3n) is 2.63. The number of carbonyl (C=O) groups is 1. The van der Waals surface area contributed by atoms with Gasteiger partial charge < -0.3 is 15.0 Å². The van der Waals surface area contributed by atoms with Crippen LogP contribution in [-0.2, 0) is 9.53 Å². The van der Waals surface area contributed by atoms with Crippen LogP contribution in [0.3, 0.4) is 0 Å². The zero-order valence-electron chi connectivity index (χ0n) is 7.79. The van der Waals surface area contributed by atoms with Crippen LogP contribution in [0.1, 0.15) is 12.8 Å². The maximum Gasteiger partial charge on any atom is 0.224 e. The van der Waals surface area contributed by atoms with Gasteiger partial charge in [-0.3, -0.25) is 4.79 Å². The molecule has 2 aliphatic heterocycles. The molecule has 0 aromatic heterocycles. The molecule has 2 saturated heterocycles. The topological polar surface area (TPSA) is 41.6 Å². The van der Waals surface area contributed by atoms with Gasteiger partial charge in [-0.05, 0) is 6.42 Å². The van der Waals surface area contributed by atoms with Crippen molar-refractivity contribution in [3.63, 3.8) is 0 Å². The second-order valence-electron chi connectivity index (χ2n) is 3.66. The number of hydrogen-bond donors (Lipinski definition) is 1. The molecule has 0 aromatic carbocycles. The highest BCUT2D eigenvalue weighted by Gasteiger charge is 2.24. The Bertz CT molecular complexity index is 186. The number of hydrogen-bond acceptors (Lipinski definition) is 3. The molecule has 1 N–H and O–H groups in total. The van der Waals surface area contributed by atoms with Crippen molar-refractivity contribution in [3.8, 4) is 0 Å². The van der Waals surface area contributed by atoms with Gasteiger partial charge in [0.1, 0.15) is 0 Å². The second kappa shape index (κ2) is 4.07. The lowest BCUT2D eigenvalue weighted by atomic mass is 10.1. The van der Waals surface area contributed by atoms with Gasteiger partial charge in [0.05, 0.1) is 13.2 Å². The van der Waals surface area contributed by atoms with E-state index in [1.807, 2.05) is 4.90 Å². The Morgan fingerprint density at radius 2 is 2.38 bits per heavy atom. The molecule has 0 radical (unpaired) electrons. The number of carbonyl (C=O) groups excluding carboxylic acids is 1. The normalized spacial score (nSPS) is 28.3. The molecule has 2 fully saturated rings. The second-order valence-corrected chi connectivity index (χ2v) is 3.66. The molecule has 74 valence electrons. The molecular weight excluding hydrogens is 168 g/mol. The van der Waals surface area contributed by atoms with Gasteiger partial charge in [0.25, 0.3) is 0 Å². The van der Waals surface area contributed by atoms with E-state index in [1.54, 1.807) is 0 Å². The number of amides is 1. The van der Waals surface area contributed by atoms with E-state index in [-0.39, 0.29) is 11.9 Å². The summed E-state index contributed by atoms with van der Waals surface area (Å²) in [4.78, 5) is 13.4. The fourth-order valence-electron chi connectivity index (χ4n) is 1.66. The van der Waals surface area contributed by atoms with Gasteiger partial charge in [0.15, 0.2) is 0 Å². The summed E-state index contributed by atoms with van der Waals surface area (Å²) in [5.74, 6) is 0.272. The van der Waals surface area contributed by atoms with E-state index in [9.17, 15) is 4.79 Å². The molecule has 2 heterocycles. The summed E-state index contributed by atoms with van der Waals surface area (Å²) in [6.07, 6.45) is 1.76. The number of nitrogens with one attached hydrogen (secondary N) is 1. The number of likely N-dealkylation sites (tertiary alicyclic amines) is 1. The van der Waals surface area contributed by atoms with E-state index in [1.165, 1.54) is 6.42 Å². The highest BCUT2D eigenvalue weighted by molar-refractivity contribution is 5.77. The minimum atomic E-state index is 0.238. The van der Waals surface area contributed by atoms with Gasteiger partial charge >= 0.3 is 0 Å². The van der Waals surface area contributed by atoms with E-state index in [0.29, 0.717) is 13.0 Å². The Morgan fingerprint density at radius 1 is 1.54 bits per heavy atom. The fraction of sp³-hybridized carbons (Fsp3) is 0.889. The molecule has 0 spiro atoms. The van der Waals surface area contributed by atoms with Crippen molar-refractivity contribution in [2.75, 3.05) is 32.8 Å². The summed E-state index contributed by atoms with van der Waals surface area (Å²) in [7, 11) is 0. The van der Waals surface area contributed by atoms with Crippen LogP contribution in [0.15, 0.2) is 0 Å². The van der Waals surface area contributed by atoms with E-state index in [0.717, 1.165) is 26.2 Å². The Labute approximate surface area is 78.2 Å². The van der Waals surface area contributed by atoms with Crippen LogP contribution >= 0.6 is 0 Å². The van der Waals surface area contributed by atoms with Crippen LogP contribution in [0.2, 0.25) is 0 Å². The standard InChI is InChI=1S/C9H16N2O2/c12-9(11-3-1-4-11)6-8-7-13-5-2-10-8/h8,10H,1-7H2. The zero-order valence-corrected chi connectivity index (χ0v) is 7.79. The maximum atomic E-state index is 11.5. The minimum absolute atomic E-state index is 0.238. The van der Waals surface area contributed by atoms with Crippen LogP contribution in [0.25, 0.3) is 0 Å². The van der Waals surface area contributed by atoms with E-state index in [2.05, 4.69) is 5.32 Å². The van der Waals surface area contributed by atoms with Gasteiger partial charge in [-0.15, -0.1) is 0 Å². The van der Waals surface area contributed by atoms with Gasteiger partial charge in [-0.25, -0.2) is 0 Å². The first-order valence-electron chi connectivity index (χ1n) is 4.95. The number of morpholine rings is 1. The molecule has 1 atom stereocenters. The van der Waals surface area contributed by atoms with Crippen molar-refractivity contribution in [1.82, 2.24) is 10.2 Å². The Balaban J connectivity index is 1.72. The highest BCUT2D eigenvalue weighted by Crippen LogP contribution is 2.09. The molecule has 0 aliphatic carbocycles. The Morgan fingerprint density at radius 3 is 2.92 bits per heavy atom. The first-order valence-corrected chi connectivity index (χ1v) is 4.95. The molecule has 1 amide bonds. The predicted molar refractivity (Wildman–Crippen MR) is 48.4 cm³/mol. The number of rotatable bonds is 2. The zero-order chi connectivity index (χ0) is 9.10. The van der Waals surface area contributed by atoms with Crippen molar-refractivity contribution in [3.05, 3.63) is 0 Å². The van der Waals surface area contributed by atoms with Crippen LogP contribution in [0, 0.1) is 0 Å². The summed E-state index contributed by atoms with van der Waals surface area (Å²) in [6.45, 7) is 4.23. The number of nitrogens with zero attached hydrogens (tertiary/aromatic N) is 1. The third kappa shape index (κ3) is 2.19. The SMILES string of the molecule is O=C(CC1COCCN1)N1CCC1.